The molecular formula is C18H21ClN4O4. The van der Waals surface area contributed by atoms with E-state index in [2.05, 4.69) is 15.7 Å². The first-order chi connectivity index (χ1) is 12.7. The van der Waals surface area contributed by atoms with Gasteiger partial charge in [0.2, 0.25) is 0 Å². The predicted molar refractivity (Wildman–Crippen MR) is 100 cm³/mol. The third-order valence-electron chi connectivity index (χ3n) is 3.78. The van der Waals surface area contributed by atoms with E-state index in [-0.39, 0.29) is 5.56 Å². The average Bonchev–Trinajstić information content (AvgIpc) is 2.89. The number of benzene rings is 1. The zero-order chi connectivity index (χ0) is 20.1. The molecule has 2 aromatic rings. The van der Waals surface area contributed by atoms with Gasteiger partial charge in [0.25, 0.3) is 5.91 Å². The minimum absolute atomic E-state index is 0.268. The van der Waals surface area contributed by atoms with Crippen molar-refractivity contribution in [1.29, 1.82) is 0 Å². The largest absolute Gasteiger partial charge is 0.449 e. The second kappa shape index (κ2) is 8.68. The molecule has 0 fully saturated rings. The number of amides is 3. The van der Waals surface area contributed by atoms with Crippen LogP contribution in [0.25, 0.3) is 5.69 Å². The van der Waals surface area contributed by atoms with Crippen LogP contribution in [-0.4, -0.2) is 40.3 Å². The van der Waals surface area contributed by atoms with Gasteiger partial charge in [-0.25, -0.2) is 14.3 Å². The van der Waals surface area contributed by atoms with E-state index in [1.54, 1.807) is 35.9 Å². The molecule has 1 atom stereocenters. The lowest BCUT2D eigenvalue weighted by atomic mass is 10.2. The van der Waals surface area contributed by atoms with Crippen LogP contribution in [0.3, 0.4) is 0 Å². The van der Waals surface area contributed by atoms with Crippen molar-refractivity contribution >= 4 is 29.5 Å². The summed E-state index contributed by atoms with van der Waals surface area (Å²) in [5.41, 5.74) is 2.51. The van der Waals surface area contributed by atoms with E-state index >= 15 is 0 Å². The minimum Gasteiger partial charge on any atom is -0.449 e. The maximum absolute atomic E-state index is 12.2. The van der Waals surface area contributed by atoms with Crippen molar-refractivity contribution in [2.45, 2.75) is 33.8 Å². The number of carbonyl (C=O) groups excluding carboxylic acids is 3. The maximum Gasteiger partial charge on any atom is 0.338 e. The molecule has 9 heteroatoms. The number of hydrogen-bond acceptors (Lipinski definition) is 5. The zero-order valence-electron chi connectivity index (χ0n) is 15.5. The van der Waals surface area contributed by atoms with Crippen LogP contribution in [0, 0.1) is 13.8 Å². The number of nitrogens with zero attached hydrogens (tertiary/aromatic N) is 2. The number of halogens is 1. The summed E-state index contributed by atoms with van der Waals surface area (Å²) in [7, 11) is 0. The van der Waals surface area contributed by atoms with Gasteiger partial charge in [-0.3, -0.25) is 10.1 Å². The Morgan fingerprint density at radius 3 is 2.37 bits per heavy atom. The second-order valence-corrected chi connectivity index (χ2v) is 6.22. The van der Waals surface area contributed by atoms with Gasteiger partial charge < -0.3 is 10.1 Å². The van der Waals surface area contributed by atoms with Crippen LogP contribution in [0.15, 0.2) is 24.3 Å². The van der Waals surface area contributed by atoms with Crippen LogP contribution in [0.1, 0.15) is 35.6 Å². The Morgan fingerprint density at radius 1 is 1.22 bits per heavy atom. The summed E-state index contributed by atoms with van der Waals surface area (Å²) >= 11 is 6.15. The van der Waals surface area contributed by atoms with Crippen LogP contribution in [0.2, 0.25) is 5.02 Å². The number of aryl methyl sites for hydroxylation is 1. The van der Waals surface area contributed by atoms with Crippen molar-refractivity contribution in [2.24, 2.45) is 0 Å². The first kappa shape index (κ1) is 20.4. The fraction of sp³-hybridized carbons (Fsp3) is 0.333. The molecule has 0 saturated heterocycles. The molecule has 27 heavy (non-hydrogen) atoms. The lowest BCUT2D eigenvalue weighted by Gasteiger charge is -2.13. The number of nitrogens with one attached hydrogen (secondary N) is 2. The van der Waals surface area contributed by atoms with Gasteiger partial charge in [0.05, 0.1) is 27.7 Å². The summed E-state index contributed by atoms with van der Waals surface area (Å²) < 4.78 is 6.77. The van der Waals surface area contributed by atoms with Gasteiger partial charge in [0.15, 0.2) is 6.10 Å². The van der Waals surface area contributed by atoms with E-state index in [1.165, 1.54) is 6.92 Å². The number of urea groups is 1. The van der Waals surface area contributed by atoms with E-state index in [0.29, 0.717) is 17.3 Å². The van der Waals surface area contributed by atoms with Crippen molar-refractivity contribution in [2.75, 3.05) is 6.54 Å². The number of rotatable bonds is 5. The van der Waals surface area contributed by atoms with E-state index in [9.17, 15) is 14.4 Å². The molecule has 1 aromatic heterocycles. The van der Waals surface area contributed by atoms with E-state index in [0.717, 1.165) is 11.4 Å². The van der Waals surface area contributed by atoms with Crippen molar-refractivity contribution in [3.63, 3.8) is 0 Å². The van der Waals surface area contributed by atoms with Crippen molar-refractivity contribution in [3.8, 4) is 5.69 Å². The van der Waals surface area contributed by atoms with Gasteiger partial charge in [-0.15, -0.1) is 0 Å². The third-order valence-corrected chi connectivity index (χ3v) is 4.32. The molecule has 0 spiro atoms. The zero-order valence-corrected chi connectivity index (χ0v) is 16.3. The van der Waals surface area contributed by atoms with Crippen LogP contribution >= 0.6 is 11.6 Å². The number of carbonyl (C=O) groups is 3. The smallest absolute Gasteiger partial charge is 0.338 e. The molecule has 0 aliphatic heterocycles. The molecule has 2 N–H and O–H groups in total. The summed E-state index contributed by atoms with van der Waals surface area (Å²) in [6.45, 7) is 7.14. The fourth-order valence-electron chi connectivity index (χ4n) is 2.31. The molecule has 0 aliphatic rings. The first-order valence-corrected chi connectivity index (χ1v) is 8.74. The van der Waals surface area contributed by atoms with Crippen LogP contribution < -0.4 is 10.6 Å². The number of ether oxygens (including phenoxy) is 1. The summed E-state index contributed by atoms with van der Waals surface area (Å²) in [6.07, 6.45) is -1.12. The lowest BCUT2D eigenvalue weighted by Crippen LogP contribution is -2.44. The van der Waals surface area contributed by atoms with Gasteiger partial charge >= 0.3 is 12.0 Å². The normalized spacial score (nSPS) is 11.6. The Balaban J connectivity index is 2.04. The second-order valence-electron chi connectivity index (χ2n) is 5.84. The van der Waals surface area contributed by atoms with E-state index in [1.807, 2.05) is 13.8 Å². The molecule has 0 saturated carbocycles. The SMILES string of the molecule is CCNC(=O)NC(=O)[C@@H](C)OC(=O)c1ccc(-n2nc(C)c(Cl)c2C)cc1. The average molecular weight is 393 g/mol. The highest BCUT2D eigenvalue weighted by Gasteiger charge is 2.21. The standard InChI is InChI=1S/C18H21ClN4O4/c1-5-20-18(26)21-16(24)12(4)27-17(25)13-6-8-14(9-7-13)23-11(3)15(19)10(2)22-23/h6-9,12H,5H2,1-4H3,(H2,20,21,24,26)/t12-/m1/s1. The van der Waals surface area contributed by atoms with Gasteiger partial charge in [0, 0.05) is 6.54 Å². The number of esters is 1. The quantitative estimate of drug-likeness (QED) is 0.761. The van der Waals surface area contributed by atoms with Crippen molar-refractivity contribution in [3.05, 3.63) is 46.2 Å². The van der Waals surface area contributed by atoms with Gasteiger partial charge in [-0.1, -0.05) is 11.6 Å². The summed E-state index contributed by atoms with van der Waals surface area (Å²) in [6, 6.07) is 5.89. The first-order valence-electron chi connectivity index (χ1n) is 8.36. The highest BCUT2D eigenvalue weighted by molar-refractivity contribution is 6.31. The molecule has 0 unspecified atom stereocenters. The molecule has 3 amide bonds. The Kier molecular flexibility index (Phi) is 6.57. The summed E-state index contributed by atoms with van der Waals surface area (Å²) in [5.74, 6) is -1.38. The predicted octanol–water partition coefficient (Wildman–Crippen LogP) is 2.53. The number of aromatic nitrogens is 2. The highest BCUT2D eigenvalue weighted by atomic mass is 35.5. The monoisotopic (exact) mass is 392 g/mol. The molecular weight excluding hydrogens is 372 g/mol. The molecule has 0 radical (unpaired) electrons. The Labute approximate surface area is 161 Å². The van der Waals surface area contributed by atoms with Crippen molar-refractivity contribution < 1.29 is 19.1 Å². The Hall–Kier alpha value is -2.87. The topological polar surface area (TPSA) is 102 Å². The molecule has 8 nitrogen and oxygen atoms in total. The van der Waals surface area contributed by atoms with Gasteiger partial charge in [-0.05, 0) is 52.0 Å². The van der Waals surface area contributed by atoms with Crippen LogP contribution in [-0.2, 0) is 9.53 Å². The molecule has 1 aromatic carbocycles. The number of imide groups is 1. The Bertz CT molecular complexity index is 861. The highest BCUT2D eigenvalue weighted by Crippen LogP contribution is 2.22. The molecule has 0 bridgehead atoms. The summed E-state index contributed by atoms with van der Waals surface area (Å²) in [5, 5.41) is 9.45. The lowest BCUT2D eigenvalue weighted by molar-refractivity contribution is -0.127. The van der Waals surface area contributed by atoms with E-state index in [4.69, 9.17) is 16.3 Å². The van der Waals surface area contributed by atoms with Crippen LogP contribution in [0.4, 0.5) is 4.79 Å². The Morgan fingerprint density at radius 2 is 1.85 bits per heavy atom. The van der Waals surface area contributed by atoms with Gasteiger partial charge in [0.1, 0.15) is 0 Å². The van der Waals surface area contributed by atoms with Gasteiger partial charge in [-0.2, -0.15) is 5.10 Å². The fourth-order valence-corrected chi connectivity index (χ4v) is 2.43. The summed E-state index contributed by atoms with van der Waals surface area (Å²) in [4.78, 5) is 35.4. The van der Waals surface area contributed by atoms with Crippen molar-refractivity contribution in [1.82, 2.24) is 20.4 Å². The molecule has 1 heterocycles. The maximum atomic E-state index is 12.2. The van der Waals surface area contributed by atoms with Crippen LogP contribution in [0.5, 0.6) is 0 Å². The third kappa shape index (κ3) is 4.85. The minimum atomic E-state index is -1.12. The molecule has 0 aliphatic carbocycles. The molecule has 144 valence electrons. The van der Waals surface area contributed by atoms with E-state index < -0.39 is 24.0 Å². The molecule has 2 rings (SSSR count). The number of hydrogen-bond donors (Lipinski definition) is 2.